The van der Waals surface area contributed by atoms with Crippen LogP contribution in [0, 0.1) is 0 Å². The Kier molecular flexibility index (Phi) is 5.46. The second kappa shape index (κ2) is 7.10. The van der Waals surface area contributed by atoms with Crippen LogP contribution in [0.3, 0.4) is 0 Å². The molecule has 0 aliphatic rings. The number of nitrogens with two attached hydrogens (primary N) is 2. The number of amides is 1. The van der Waals surface area contributed by atoms with E-state index in [9.17, 15) is 4.79 Å². The third-order valence-corrected chi connectivity index (χ3v) is 2.10. The Hall–Kier alpha value is -2.44. The first-order valence-corrected chi connectivity index (χ1v) is 5.92. The van der Waals surface area contributed by atoms with Crippen molar-refractivity contribution in [1.29, 1.82) is 0 Å². The second-order valence-corrected chi connectivity index (χ2v) is 3.96. The van der Waals surface area contributed by atoms with E-state index in [1.165, 1.54) is 6.20 Å². The highest BCUT2D eigenvalue weighted by atomic mass is 16.1. The summed E-state index contributed by atoms with van der Waals surface area (Å²) in [6, 6.07) is 3.36. The lowest BCUT2D eigenvalue weighted by molar-refractivity contribution is -0.116. The maximum Gasteiger partial charge on any atom is 0.224 e. The van der Waals surface area contributed by atoms with Crippen molar-refractivity contribution in [3.05, 3.63) is 24.0 Å². The predicted octanol–water partition coefficient (Wildman–Crippen LogP) is 0.818. The van der Waals surface area contributed by atoms with Crippen molar-refractivity contribution in [2.45, 2.75) is 26.7 Å². The summed E-state index contributed by atoms with van der Waals surface area (Å²) < 4.78 is 0. The Balaban J connectivity index is 2.74. The van der Waals surface area contributed by atoms with Crippen molar-refractivity contribution in [3.8, 4) is 0 Å². The number of hydrogen-bond donors (Lipinski definition) is 3. The fourth-order valence-corrected chi connectivity index (χ4v) is 1.25. The van der Waals surface area contributed by atoms with E-state index in [4.69, 9.17) is 11.5 Å². The molecule has 0 unspecified atom stereocenters. The van der Waals surface area contributed by atoms with Gasteiger partial charge in [-0.05, 0) is 25.5 Å². The first-order valence-electron chi connectivity index (χ1n) is 5.92. The van der Waals surface area contributed by atoms with Gasteiger partial charge in [-0.2, -0.15) is 0 Å². The van der Waals surface area contributed by atoms with Crippen LogP contribution in [0.5, 0.6) is 0 Å². The number of hydrogen-bond acceptors (Lipinski definition) is 4. The number of anilines is 1. The average Bonchev–Trinajstić information content (AvgIpc) is 2.37. The second-order valence-electron chi connectivity index (χ2n) is 3.96. The van der Waals surface area contributed by atoms with Gasteiger partial charge in [-0.15, -0.1) is 10.2 Å². The molecule has 102 valence electrons. The fourth-order valence-electron chi connectivity index (χ4n) is 1.25. The van der Waals surface area contributed by atoms with Crippen LogP contribution in [-0.2, 0) is 4.79 Å². The Morgan fingerprint density at radius 2 is 2.11 bits per heavy atom. The van der Waals surface area contributed by atoms with Crippen molar-refractivity contribution >= 4 is 23.3 Å². The van der Waals surface area contributed by atoms with Gasteiger partial charge in [0.1, 0.15) is 11.5 Å². The lowest BCUT2D eigenvalue weighted by Gasteiger charge is -2.04. The van der Waals surface area contributed by atoms with Crippen LogP contribution in [0.2, 0.25) is 0 Å². The monoisotopic (exact) mass is 262 g/mol. The number of carbonyl (C=O) groups is 1. The van der Waals surface area contributed by atoms with Crippen LogP contribution in [0.4, 0.5) is 5.69 Å². The van der Waals surface area contributed by atoms with Crippen molar-refractivity contribution in [3.63, 3.8) is 0 Å². The van der Waals surface area contributed by atoms with Gasteiger partial charge in [0.25, 0.3) is 0 Å². The van der Waals surface area contributed by atoms with Gasteiger partial charge in [-0.1, -0.05) is 6.92 Å². The van der Waals surface area contributed by atoms with Gasteiger partial charge in [0, 0.05) is 6.42 Å². The fraction of sp³-hybridized carbons (Fsp3) is 0.333. The summed E-state index contributed by atoms with van der Waals surface area (Å²) in [5, 5.41) is 10.1. The van der Waals surface area contributed by atoms with E-state index in [-0.39, 0.29) is 11.7 Å². The molecule has 0 saturated carbocycles. The molecule has 0 bridgehead atoms. The molecule has 0 aliphatic heterocycles. The van der Waals surface area contributed by atoms with Gasteiger partial charge < -0.3 is 16.8 Å². The van der Waals surface area contributed by atoms with Crippen molar-refractivity contribution in [1.82, 2.24) is 4.98 Å². The number of aromatic nitrogens is 1. The lowest BCUT2D eigenvalue weighted by Crippen LogP contribution is -2.16. The third-order valence-electron chi connectivity index (χ3n) is 2.10. The largest absolute Gasteiger partial charge is 0.386 e. The molecule has 0 aromatic carbocycles. The summed E-state index contributed by atoms with van der Waals surface area (Å²) in [4.78, 5) is 15.5. The van der Waals surface area contributed by atoms with Gasteiger partial charge in [0.2, 0.25) is 5.91 Å². The van der Waals surface area contributed by atoms with Crippen molar-refractivity contribution in [2.24, 2.45) is 21.7 Å². The van der Waals surface area contributed by atoms with E-state index >= 15 is 0 Å². The van der Waals surface area contributed by atoms with E-state index < -0.39 is 0 Å². The number of rotatable bonds is 5. The summed E-state index contributed by atoms with van der Waals surface area (Å²) in [7, 11) is 0. The van der Waals surface area contributed by atoms with Gasteiger partial charge in [-0.25, -0.2) is 0 Å². The van der Waals surface area contributed by atoms with E-state index in [1.807, 2.05) is 6.92 Å². The Labute approximate surface area is 111 Å². The SMILES string of the molecule is CCCC(=O)Nc1ccc(/C(N)=N/N=C(/C)N)nc1. The average molecular weight is 262 g/mol. The zero-order chi connectivity index (χ0) is 14.3. The maximum absolute atomic E-state index is 11.4. The zero-order valence-corrected chi connectivity index (χ0v) is 11.1. The molecule has 0 fully saturated rings. The summed E-state index contributed by atoms with van der Waals surface area (Å²) in [6.45, 7) is 3.55. The Bertz CT molecular complexity index is 487. The minimum atomic E-state index is -0.0398. The third kappa shape index (κ3) is 5.15. The minimum Gasteiger partial charge on any atom is -0.386 e. The Morgan fingerprint density at radius 1 is 1.37 bits per heavy atom. The molecule has 1 aromatic heterocycles. The highest BCUT2D eigenvalue weighted by molar-refractivity contribution is 5.96. The minimum absolute atomic E-state index is 0.0398. The van der Waals surface area contributed by atoms with Crippen LogP contribution in [0.15, 0.2) is 28.5 Å². The molecule has 1 heterocycles. The molecule has 0 saturated heterocycles. The Morgan fingerprint density at radius 3 is 2.63 bits per heavy atom. The van der Waals surface area contributed by atoms with Crippen LogP contribution < -0.4 is 16.8 Å². The summed E-state index contributed by atoms with van der Waals surface area (Å²) >= 11 is 0. The number of amidine groups is 2. The molecule has 0 radical (unpaired) electrons. The van der Waals surface area contributed by atoms with Crippen LogP contribution >= 0.6 is 0 Å². The maximum atomic E-state index is 11.4. The van der Waals surface area contributed by atoms with Gasteiger partial charge in [0.05, 0.1) is 11.9 Å². The molecule has 0 aliphatic carbocycles. The van der Waals surface area contributed by atoms with E-state index in [0.717, 1.165) is 6.42 Å². The number of pyridine rings is 1. The van der Waals surface area contributed by atoms with Gasteiger partial charge in [0.15, 0.2) is 5.84 Å². The topological polar surface area (TPSA) is 119 Å². The molecule has 5 N–H and O–H groups in total. The molecular weight excluding hydrogens is 244 g/mol. The highest BCUT2D eigenvalue weighted by Crippen LogP contribution is 2.07. The van der Waals surface area contributed by atoms with Crippen molar-refractivity contribution < 1.29 is 4.79 Å². The molecule has 0 atom stereocenters. The summed E-state index contributed by atoms with van der Waals surface area (Å²) in [5.74, 6) is 0.435. The normalized spacial score (nSPS) is 12.3. The van der Waals surface area contributed by atoms with Crippen LogP contribution in [-0.4, -0.2) is 22.6 Å². The molecule has 1 rings (SSSR count). The van der Waals surface area contributed by atoms with E-state index in [1.54, 1.807) is 19.1 Å². The highest BCUT2D eigenvalue weighted by Gasteiger charge is 2.03. The number of nitrogens with one attached hydrogen (secondary N) is 1. The molecule has 1 aromatic rings. The molecular formula is C12H18N6O. The summed E-state index contributed by atoms with van der Waals surface area (Å²) in [6.07, 6.45) is 2.80. The van der Waals surface area contributed by atoms with Crippen LogP contribution in [0.1, 0.15) is 32.4 Å². The molecule has 19 heavy (non-hydrogen) atoms. The first kappa shape index (κ1) is 14.6. The molecule has 7 nitrogen and oxygen atoms in total. The quantitative estimate of drug-likeness (QED) is 0.413. The van der Waals surface area contributed by atoms with Crippen LogP contribution in [0.25, 0.3) is 0 Å². The molecule has 7 heteroatoms. The number of carbonyl (C=O) groups excluding carboxylic acids is 1. The molecule has 1 amide bonds. The van der Waals surface area contributed by atoms with E-state index in [0.29, 0.717) is 23.6 Å². The lowest BCUT2D eigenvalue weighted by atomic mass is 10.3. The molecule has 0 spiro atoms. The predicted molar refractivity (Wildman–Crippen MR) is 75.8 cm³/mol. The van der Waals surface area contributed by atoms with Gasteiger partial charge in [-0.3, -0.25) is 9.78 Å². The zero-order valence-electron chi connectivity index (χ0n) is 11.1. The van der Waals surface area contributed by atoms with Gasteiger partial charge >= 0.3 is 0 Å². The standard InChI is InChI=1S/C12H18N6O/c1-3-4-11(19)16-9-5-6-10(15-7-9)12(14)18-17-8(2)13/h5-7H,3-4H2,1-2H3,(H2,13,17)(H2,14,18)(H,16,19). The first-order chi connectivity index (χ1) is 9.02. The van der Waals surface area contributed by atoms with E-state index in [2.05, 4.69) is 20.5 Å². The van der Waals surface area contributed by atoms with Crippen molar-refractivity contribution in [2.75, 3.05) is 5.32 Å². The summed E-state index contributed by atoms with van der Waals surface area (Å²) in [5.41, 5.74) is 12.1. The smallest absolute Gasteiger partial charge is 0.224 e. The number of nitrogens with zero attached hydrogens (tertiary/aromatic N) is 3.